The number of pyridine rings is 1. The van der Waals surface area contributed by atoms with Crippen molar-refractivity contribution in [2.45, 2.75) is 47.0 Å². The molecule has 2 heteroatoms. The van der Waals surface area contributed by atoms with Gasteiger partial charge in [-0.15, -0.1) is 0 Å². The number of hydrogen-bond acceptors (Lipinski definition) is 2. The molecule has 1 aromatic rings. The van der Waals surface area contributed by atoms with Gasteiger partial charge in [0, 0.05) is 13.1 Å². The van der Waals surface area contributed by atoms with Gasteiger partial charge in [-0.3, -0.25) is 9.78 Å². The van der Waals surface area contributed by atoms with Gasteiger partial charge in [0.15, 0.2) is 5.78 Å². The van der Waals surface area contributed by atoms with Gasteiger partial charge < -0.3 is 0 Å². The lowest BCUT2D eigenvalue weighted by Gasteiger charge is -2.18. The van der Waals surface area contributed by atoms with Crippen LogP contribution in [0.1, 0.15) is 57.6 Å². The van der Waals surface area contributed by atoms with Gasteiger partial charge in [-0.25, -0.2) is 0 Å². The summed E-state index contributed by atoms with van der Waals surface area (Å²) in [5.41, 5.74) is 1.79. The van der Waals surface area contributed by atoms with E-state index >= 15 is 0 Å². The zero-order chi connectivity index (χ0) is 12.1. The van der Waals surface area contributed by atoms with E-state index in [9.17, 15) is 4.79 Å². The molecule has 15 heavy (non-hydrogen) atoms. The summed E-state index contributed by atoms with van der Waals surface area (Å²) in [6, 6.07) is 3.74. The molecule has 0 spiro atoms. The van der Waals surface area contributed by atoms with E-state index in [0.29, 0.717) is 5.69 Å². The summed E-state index contributed by atoms with van der Waals surface area (Å²) in [6.07, 6.45) is 1.77. The molecule has 0 aromatic carbocycles. The summed E-state index contributed by atoms with van der Waals surface area (Å²) >= 11 is 0. The largest absolute Gasteiger partial charge is 0.293 e. The second-order valence-corrected chi connectivity index (χ2v) is 4.24. The molecule has 0 atom stereocenters. The number of Topliss-reactive ketones (excluding diaryl/α,β-unsaturated/α-hetero) is 1. The highest BCUT2D eigenvalue weighted by atomic mass is 16.1. The molecule has 0 bridgehead atoms. The molecule has 1 heterocycles. The van der Waals surface area contributed by atoms with Crippen LogP contribution in [-0.2, 0) is 5.41 Å². The predicted molar refractivity (Wildman–Crippen MR) is 64.3 cm³/mol. The van der Waals surface area contributed by atoms with Gasteiger partial charge in [0.1, 0.15) is 5.69 Å². The van der Waals surface area contributed by atoms with Crippen molar-refractivity contribution >= 4 is 5.78 Å². The fraction of sp³-hybridized carbons (Fsp3) is 0.538. The molecular weight excluding hydrogens is 186 g/mol. The molecule has 0 saturated heterocycles. The molecular formula is C13H21NO. The summed E-state index contributed by atoms with van der Waals surface area (Å²) < 4.78 is 0. The van der Waals surface area contributed by atoms with Crippen LogP contribution in [0.3, 0.4) is 0 Å². The number of aromatic nitrogens is 1. The van der Waals surface area contributed by atoms with Crippen molar-refractivity contribution in [2.75, 3.05) is 0 Å². The van der Waals surface area contributed by atoms with Crippen molar-refractivity contribution in [3.63, 3.8) is 0 Å². The van der Waals surface area contributed by atoms with Crippen LogP contribution in [0.15, 0.2) is 18.3 Å². The highest BCUT2D eigenvalue weighted by Gasteiger charge is 2.13. The topological polar surface area (TPSA) is 30.0 Å². The Morgan fingerprint density at radius 2 is 1.73 bits per heavy atom. The van der Waals surface area contributed by atoms with Crippen molar-refractivity contribution in [3.05, 3.63) is 29.6 Å². The van der Waals surface area contributed by atoms with Gasteiger partial charge in [0.25, 0.3) is 0 Å². The fourth-order valence-electron chi connectivity index (χ4n) is 1.05. The first-order valence-corrected chi connectivity index (χ1v) is 5.39. The Kier molecular flexibility index (Phi) is 5.20. The summed E-state index contributed by atoms with van der Waals surface area (Å²) in [5.74, 6) is 0.0143. The lowest BCUT2D eigenvalue weighted by molar-refractivity contribution is 0.101. The van der Waals surface area contributed by atoms with E-state index in [1.54, 1.807) is 12.3 Å². The third kappa shape index (κ3) is 4.24. The normalized spacial score (nSPS) is 10.3. The molecule has 2 nitrogen and oxygen atoms in total. The Labute approximate surface area is 92.7 Å². The Morgan fingerprint density at radius 1 is 1.20 bits per heavy atom. The number of rotatable bonds is 1. The second-order valence-electron chi connectivity index (χ2n) is 4.24. The minimum atomic E-state index is 0.0143. The summed E-state index contributed by atoms with van der Waals surface area (Å²) in [7, 11) is 0. The van der Waals surface area contributed by atoms with Gasteiger partial charge in [-0.2, -0.15) is 0 Å². The maximum absolute atomic E-state index is 10.9. The van der Waals surface area contributed by atoms with Crippen LogP contribution in [0.4, 0.5) is 0 Å². The SMILES string of the molecule is CC.CC(=O)c1ccc(C(C)(C)C)cn1. The molecule has 0 aliphatic rings. The van der Waals surface area contributed by atoms with E-state index in [2.05, 4.69) is 25.8 Å². The average Bonchev–Trinajstić information content (AvgIpc) is 2.20. The van der Waals surface area contributed by atoms with Crippen molar-refractivity contribution in [1.29, 1.82) is 0 Å². The zero-order valence-electron chi connectivity index (χ0n) is 10.6. The van der Waals surface area contributed by atoms with Crippen LogP contribution in [0.2, 0.25) is 0 Å². The Hall–Kier alpha value is -1.18. The fourth-order valence-corrected chi connectivity index (χ4v) is 1.05. The number of ketones is 1. The van der Waals surface area contributed by atoms with Gasteiger partial charge in [0.05, 0.1) is 0 Å². The van der Waals surface area contributed by atoms with E-state index in [0.717, 1.165) is 5.56 Å². The molecule has 0 saturated carbocycles. The number of carbonyl (C=O) groups excluding carboxylic acids is 1. The third-order valence-electron chi connectivity index (χ3n) is 1.99. The number of carbonyl (C=O) groups is 1. The van der Waals surface area contributed by atoms with Crippen LogP contribution in [0.25, 0.3) is 0 Å². The van der Waals surface area contributed by atoms with Crippen molar-refractivity contribution in [2.24, 2.45) is 0 Å². The number of hydrogen-bond donors (Lipinski definition) is 0. The van der Waals surface area contributed by atoms with Crippen molar-refractivity contribution < 1.29 is 4.79 Å². The molecule has 84 valence electrons. The molecule has 1 aromatic heterocycles. The second kappa shape index (κ2) is 5.64. The standard InChI is InChI=1S/C11H15NO.C2H6/c1-8(13)10-6-5-9(7-12-10)11(2,3)4;1-2/h5-7H,1-4H3;1-2H3. The third-order valence-corrected chi connectivity index (χ3v) is 1.99. The van der Waals surface area contributed by atoms with Gasteiger partial charge in [-0.1, -0.05) is 40.7 Å². The van der Waals surface area contributed by atoms with Crippen molar-refractivity contribution in [3.8, 4) is 0 Å². The van der Waals surface area contributed by atoms with E-state index in [4.69, 9.17) is 0 Å². The van der Waals surface area contributed by atoms with Gasteiger partial charge in [0.2, 0.25) is 0 Å². The van der Waals surface area contributed by atoms with Crippen LogP contribution < -0.4 is 0 Å². The first kappa shape index (κ1) is 13.8. The van der Waals surface area contributed by atoms with E-state index in [-0.39, 0.29) is 11.2 Å². The number of nitrogens with zero attached hydrogens (tertiary/aromatic N) is 1. The molecule has 0 aliphatic carbocycles. The first-order chi connectivity index (χ1) is 6.91. The molecule has 0 amide bonds. The molecule has 0 aliphatic heterocycles. The summed E-state index contributed by atoms with van der Waals surface area (Å²) in [4.78, 5) is 15.0. The van der Waals surface area contributed by atoms with Gasteiger partial charge >= 0.3 is 0 Å². The molecule has 0 radical (unpaired) electrons. The van der Waals surface area contributed by atoms with Crippen LogP contribution in [-0.4, -0.2) is 10.8 Å². The maximum atomic E-state index is 10.9. The Balaban J connectivity index is 0.000000921. The molecule has 0 unspecified atom stereocenters. The van der Waals surface area contributed by atoms with E-state index < -0.39 is 0 Å². The lowest BCUT2D eigenvalue weighted by atomic mass is 9.88. The molecule has 1 rings (SSSR count). The smallest absolute Gasteiger partial charge is 0.178 e. The summed E-state index contributed by atoms with van der Waals surface area (Å²) in [5, 5.41) is 0. The molecule has 0 fully saturated rings. The lowest BCUT2D eigenvalue weighted by Crippen LogP contribution is -2.12. The quantitative estimate of drug-likeness (QED) is 0.658. The maximum Gasteiger partial charge on any atom is 0.178 e. The average molecular weight is 207 g/mol. The zero-order valence-corrected chi connectivity index (χ0v) is 10.6. The van der Waals surface area contributed by atoms with Crippen LogP contribution in [0.5, 0.6) is 0 Å². The predicted octanol–water partition coefficient (Wildman–Crippen LogP) is 3.61. The van der Waals surface area contributed by atoms with Gasteiger partial charge in [-0.05, 0) is 17.0 Å². The Bertz CT molecular complexity index is 306. The summed E-state index contributed by atoms with van der Waals surface area (Å²) in [6.45, 7) is 11.9. The van der Waals surface area contributed by atoms with Crippen LogP contribution in [0, 0.1) is 0 Å². The monoisotopic (exact) mass is 207 g/mol. The van der Waals surface area contributed by atoms with Crippen LogP contribution >= 0.6 is 0 Å². The Morgan fingerprint density at radius 3 is 2.00 bits per heavy atom. The minimum absolute atomic E-state index is 0.0143. The highest BCUT2D eigenvalue weighted by Crippen LogP contribution is 2.20. The highest BCUT2D eigenvalue weighted by molar-refractivity contribution is 5.91. The minimum Gasteiger partial charge on any atom is -0.293 e. The van der Waals surface area contributed by atoms with Crippen molar-refractivity contribution in [1.82, 2.24) is 4.98 Å². The van der Waals surface area contributed by atoms with E-state index in [1.807, 2.05) is 19.9 Å². The molecule has 0 N–H and O–H groups in total. The first-order valence-electron chi connectivity index (χ1n) is 5.39. The van der Waals surface area contributed by atoms with E-state index in [1.165, 1.54) is 6.92 Å².